The molecule has 1 aliphatic rings. The van der Waals surface area contributed by atoms with Gasteiger partial charge in [0.1, 0.15) is 4.88 Å². The number of amides is 1. The van der Waals surface area contributed by atoms with E-state index in [1.807, 2.05) is 13.8 Å². The SMILES string of the molecule is CCCc1ncc(C(=O)N2CCC(C(=O)O)(C(C)C)C2)s1. The maximum Gasteiger partial charge on any atom is 0.311 e. The van der Waals surface area contributed by atoms with Gasteiger partial charge in [-0.2, -0.15) is 0 Å². The van der Waals surface area contributed by atoms with E-state index >= 15 is 0 Å². The molecule has 0 spiro atoms. The number of carboxylic acids is 1. The van der Waals surface area contributed by atoms with Gasteiger partial charge in [-0.25, -0.2) is 4.98 Å². The van der Waals surface area contributed by atoms with Gasteiger partial charge in [0.05, 0.1) is 16.6 Å². The molecular weight excluding hydrogens is 288 g/mol. The van der Waals surface area contributed by atoms with Gasteiger partial charge < -0.3 is 10.0 Å². The maximum atomic E-state index is 12.5. The molecule has 0 bridgehead atoms. The van der Waals surface area contributed by atoms with Crippen molar-refractivity contribution < 1.29 is 14.7 Å². The van der Waals surface area contributed by atoms with E-state index in [1.165, 1.54) is 11.3 Å². The first-order valence-electron chi connectivity index (χ1n) is 7.38. The predicted octanol–water partition coefficient (Wildman–Crippen LogP) is 2.67. The Kier molecular flexibility index (Phi) is 4.66. The normalized spacial score (nSPS) is 22.0. The Hall–Kier alpha value is -1.43. The van der Waals surface area contributed by atoms with Crippen LogP contribution in [-0.4, -0.2) is 40.0 Å². The van der Waals surface area contributed by atoms with Crippen molar-refractivity contribution in [2.45, 2.75) is 40.0 Å². The number of likely N-dealkylation sites (tertiary alicyclic amines) is 1. The highest BCUT2D eigenvalue weighted by Crippen LogP contribution is 2.38. The summed E-state index contributed by atoms with van der Waals surface area (Å²) in [6.45, 7) is 6.69. The average molecular weight is 310 g/mol. The highest BCUT2D eigenvalue weighted by Gasteiger charge is 2.48. The van der Waals surface area contributed by atoms with Gasteiger partial charge in [-0.15, -0.1) is 11.3 Å². The number of aliphatic carboxylic acids is 1. The molecular formula is C15H22N2O3S. The Balaban J connectivity index is 2.12. The van der Waals surface area contributed by atoms with Crippen molar-refractivity contribution in [1.82, 2.24) is 9.88 Å². The quantitative estimate of drug-likeness (QED) is 0.907. The van der Waals surface area contributed by atoms with Crippen LogP contribution in [0.2, 0.25) is 0 Å². The second-order valence-corrected chi connectivity index (χ2v) is 7.08. The zero-order chi connectivity index (χ0) is 15.6. The summed E-state index contributed by atoms with van der Waals surface area (Å²) in [5.41, 5.74) is -0.813. The second kappa shape index (κ2) is 6.13. The summed E-state index contributed by atoms with van der Waals surface area (Å²) in [7, 11) is 0. The molecule has 1 fully saturated rings. The maximum absolute atomic E-state index is 12.5. The third kappa shape index (κ3) is 2.95. The lowest BCUT2D eigenvalue weighted by atomic mass is 9.76. The second-order valence-electron chi connectivity index (χ2n) is 5.96. The molecule has 5 nitrogen and oxygen atoms in total. The van der Waals surface area contributed by atoms with Gasteiger partial charge in [0.25, 0.3) is 5.91 Å². The largest absolute Gasteiger partial charge is 0.481 e. The molecule has 2 heterocycles. The van der Waals surface area contributed by atoms with Crippen molar-refractivity contribution in [2.75, 3.05) is 13.1 Å². The number of carbonyl (C=O) groups excluding carboxylic acids is 1. The number of carboxylic acid groups (broad SMARTS) is 1. The monoisotopic (exact) mass is 310 g/mol. The molecule has 6 heteroatoms. The summed E-state index contributed by atoms with van der Waals surface area (Å²) in [6, 6.07) is 0. The van der Waals surface area contributed by atoms with E-state index in [4.69, 9.17) is 0 Å². The minimum atomic E-state index is -0.813. The number of carbonyl (C=O) groups is 2. The number of nitrogens with zero attached hydrogens (tertiary/aromatic N) is 2. The fraction of sp³-hybridized carbons (Fsp3) is 0.667. The van der Waals surface area contributed by atoms with Gasteiger partial charge in [0.2, 0.25) is 0 Å². The van der Waals surface area contributed by atoms with Crippen LogP contribution in [0.25, 0.3) is 0 Å². The summed E-state index contributed by atoms with van der Waals surface area (Å²) in [6.07, 6.45) is 4.02. The number of thiazole rings is 1. The molecule has 1 aromatic heterocycles. The van der Waals surface area contributed by atoms with Gasteiger partial charge in [0, 0.05) is 13.1 Å². The van der Waals surface area contributed by atoms with Gasteiger partial charge in [0.15, 0.2) is 0 Å². The van der Waals surface area contributed by atoms with E-state index in [-0.39, 0.29) is 11.8 Å². The molecule has 1 N–H and O–H groups in total. The molecule has 21 heavy (non-hydrogen) atoms. The fourth-order valence-corrected chi connectivity index (χ4v) is 3.78. The van der Waals surface area contributed by atoms with E-state index in [1.54, 1.807) is 11.1 Å². The molecule has 2 rings (SSSR count). The highest BCUT2D eigenvalue weighted by molar-refractivity contribution is 7.13. The molecule has 1 aromatic rings. The van der Waals surface area contributed by atoms with E-state index in [0.717, 1.165) is 17.8 Å². The molecule has 1 atom stereocenters. The lowest BCUT2D eigenvalue weighted by molar-refractivity contribution is -0.150. The van der Waals surface area contributed by atoms with Crippen LogP contribution in [0.4, 0.5) is 0 Å². The first kappa shape index (κ1) is 15.9. The molecule has 1 unspecified atom stereocenters. The zero-order valence-electron chi connectivity index (χ0n) is 12.8. The van der Waals surface area contributed by atoms with Crippen LogP contribution in [-0.2, 0) is 11.2 Å². The Morgan fingerprint density at radius 3 is 2.76 bits per heavy atom. The third-order valence-electron chi connectivity index (χ3n) is 4.35. The summed E-state index contributed by atoms with van der Waals surface area (Å²) in [4.78, 5) is 30.7. The summed E-state index contributed by atoms with van der Waals surface area (Å²) >= 11 is 1.42. The highest BCUT2D eigenvalue weighted by atomic mass is 32.1. The van der Waals surface area contributed by atoms with Crippen LogP contribution >= 0.6 is 11.3 Å². The Bertz CT molecular complexity index is 541. The number of hydrogen-bond acceptors (Lipinski definition) is 4. The van der Waals surface area contributed by atoms with Crippen LogP contribution in [0.3, 0.4) is 0 Å². The van der Waals surface area contributed by atoms with Gasteiger partial charge in [-0.05, 0) is 25.2 Å². The Morgan fingerprint density at radius 2 is 2.24 bits per heavy atom. The number of aromatic nitrogens is 1. The smallest absolute Gasteiger partial charge is 0.311 e. The molecule has 1 aliphatic heterocycles. The van der Waals surface area contributed by atoms with Gasteiger partial charge in [-0.1, -0.05) is 20.8 Å². The number of hydrogen-bond donors (Lipinski definition) is 1. The molecule has 1 amide bonds. The van der Waals surface area contributed by atoms with E-state index in [0.29, 0.717) is 24.4 Å². The zero-order valence-corrected chi connectivity index (χ0v) is 13.6. The third-order valence-corrected chi connectivity index (χ3v) is 5.39. The summed E-state index contributed by atoms with van der Waals surface area (Å²) in [5, 5.41) is 10.5. The topological polar surface area (TPSA) is 70.5 Å². The Labute approximate surface area is 129 Å². The van der Waals surface area contributed by atoms with Crippen LogP contribution in [0, 0.1) is 11.3 Å². The summed E-state index contributed by atoms with van der Waals surface area (Å²) < 4.78 is 0. The molecule has 116 valence electrons. The van der Waals surface area contributed by atoms with Crippen molar-refractivity contribution in [3.8, 4) is 0 Å². The molecule has 1 saturated heterocycles. The van der Waals surface area contributed by atoms with Crippen molar-refractivity contribution in [2.24, 2.45) is 11.3 Å². The van der Waals surface area contributed by atoms with E-state index < -0.39 is 11.4 Å². The number of rotatable bonds is 5. The average Bonchev–Trinajstić information content (AvgIpc) is 3.05. The van der Waals surface area contributed by atoms with Crippen molar-refractivity contribution >= 4 is 23.2 Å². The minimum absolute atomic E-state index is 0.00455. The van der Waals surface area contributed by atoms with Gasteiger partial charge in [-0.3, -0.25) is 9.59 Å². The molecule has 0 radical (unpaired) electrons. The van der Waals surface area contributed by atoms with E-state index in [9.17, 15) is 14.7 Å². The van der Waals surface area contributed by atoms with Crippen LogP contribution in [0.5, 0.6) is 0 Å². The van der Waals surface area contributed by atoms with Crippen molar-refractivity contribution in [3.05, 3.63) is 16.1 Å². The summed E-state index contributed by atoms with van der Waals surface area (Å²) in [5.74, 6) is -0.882. The van der Waals surface area contributed by atoms with Gasteiger partial charge >= 0.3 is 5.97 Å². The number of aryl methyl sites for hydroxylation is 1. The first-order valence-corrected chi connectivity index (χ1v) is 8.19. The van der Waals surface area contributed by atoms with Crippen LogP contribution in [0.15, 0.2) is 6.20 Å². The molecule has 0 aliphatic carbocycles. The Morgan fingerprint density at radius 1 is 1.52 bits per heavy atom. The standard InChI is InChI=1S/C15H22N2O3S/c1-4-5-12-16-8-11(21-12)13(18)17-7-6-15(9-17,10(2)3)14(19)20/h8,10H,4-7,9H2,1-3H3,(H,19,20). The van der Waals surface area contributed by atoms with Crippen molar-refractivity contribution in [1.29, 1.82) is 0 Å². The lowest BCUT2D eigenvalue weighted by Crippen LogP contribution is -2.40. The molecule has 0 saturated carbocycles. The lowest BCUT2D eigenvalue weighted by Gasteiger charge is -2.28. The fourth-order valence-electron chi connectivity index (χ4n) is 2.79. The molecule has 0 aromatic carbocycles. The minimum Gasteiger partial charge on any atom is -0.481 e. The van der Waals surface area contributed by atoms with Crippen LogP contribution < -0.4 is 0 Å². The first-order chi connectivity index (χ1) is 9.90. The van der Waals surface area contributed by atoms with Crippen LogP contribution in [0.1, 0.15) is 48.3 Å². The van der Waals surface area contributed by atoms with Crippen molar-refractivity contribution in [3.63, 3.8) is 0 Å². The predicted molar refractivity (Wildman–Crippen MR) is 81.5 cm³/mol. The van der Waals surface area contributed by atoms with E-state index in [2.05, 4.69) is 11.9 Å².